The molecule has 3 saturated heterocycles. The van der Waals surface area contributed by atoms with Gasteiger partial charge >= 0.3 is 0 Å². The van der Waals surface area contributed by atoms with Gasteiger partial charge in [0.1, 0.15) is 66.1 Å². The van der Waals surface area contributed by atoms with Gasteiger partial charge in [-0.2, -0.15) is 0 Å². The van der Waals surface area contributed by atoms with Gasteiger partial charge in [-0.3, -0.25) is 33.6 Å². The van der Waals surface area contributed by atoms with E-state index < -0.39 is 152 Å². The van der Waals surface area contributed by atoms with Crippen LogP contribution in [-0.4, -0.2) is 196 Å². The molecule has 3 aliphatic heterocycles. The van der Waals surface area contributed by atoms with E-state index in [1.807, 2.05) is 6.07 Å². The van der Waals surface area contributed by atoms with Crippen LogP contribution in [0, 0.1) is 5.92 Å². The van der Waals surface area contributed by atoms with Gasteiger partial charge in [0.05, 0.1) is 36.6 Å². The predicted octanol–water partition coefficient (Wildman–Crippen LogP) is -1.16. The minimum absolute atomic E-state index is 0.0450. The molecule has 0 saturated carbocycles. The Hall–Kier alpha value is -6.51. The Bertz CT molecular complexity index is 2610. The van der Waals surface area contributed by atoms with Gasteiger partial charge in [-0.05, 0) is 60.9 Å². The molecular formula is C55H77N7O17. The second-order valence-electron chi connectivity index (χ2n) is 21.1. The summed E-state index contributed by atoms with van der Waals surface area (Å²) < 4.78 is 6.19. The Balaban J connectivity index is 1.37. The van der Waals surface area contributed by atoms with Crippen LogP contribution in [0.2, 0.25) is 0 Å². The third kappa shape index (κ3) is 15.4. The number of rotatable bonds is 17. The molecule has 24 nitrogen and oxygen atoms in total. The first-order valence-electron chi connectivity index (χ1n) is 27.0. The molecule has 3 aromatic rings. The molecule has 14 N–H and O–H groups in total. The number of fused-ring (bicyclic) bond motifs is 3. The number of carbonyl (C=O) groups excluding carboxylic acids is 7. The highest BCUT2D eigenvalue weighted by Gasteiger charge is 2.50. The molecule has 0 bridgehead atoms. The maximum absolute atomic E-state index is 14.6. The highest BCUT2D eigenvalue weighted by molar-refractivity contribution is 6.04. The number of aliphatic hydroxyl groups excluding tert-OH is 8. The summed E-state index contributed by atoms with van der Waals surface area (Å²) in [6.45, 7) is 5.10. The minimum atomic E-state index is -2.30. The second kappa shape index (κ2) is 28.1. The quantitative estimate of drug-likeness (QED) is 0.0709. The number of nitrogens with zero attached hydrogens (tertiary/aromatic N) is 2. The molecule has 6 rings (SSSR count). The molecule has 79 heavy (non-hydrogen) atoms. The van der Waals surface area contributed by atoms with Crippen LogP contribution in [-0.2, 0) is 28.8 Å². The van der Waals surface area contributed by atoms with Crippen LogP contribution in [0.25, 0.3) is 10.8 Å². The number of aliphatic hydroxyl groups is 8. The van der Waals surface area contributed by atoms with Crippen molar-refractivity contribution >= 4 is 52.1 Å². The molecule has 7 amide bonds. The smallest absolute Gasteiger partial charge is 0.255 e. The zero-order chi connectivity index (χ0) is 57.8. The molecule has 434 valence electrons. The predicted molar refractivity (Wildman–Crippen MR) is 283 cm³/mol. The van der Waals surface area contributed by atoms with Crippen LogP contribution in [0.1, 0.15) is 114 Å². The summed E-state index contributed by atoms with van der Waals surface area (Å²) in [4.78, 5) is 103. The van der Waals surface area contributed by atoms with Crippen LogP contribution < -0.4 is 31.3 Å². The molecule has 0 radical (unpaired) electrons. The van der Waals surface area contributed by atoms with Crippen LogP contribution in [0.15, 0.2) is 60.7 Å². The van der Waals surface area contributed by atoms with Crippen molar-refractivity contribution in [3.05, 3.63) is 71.8 Å². The second-order valence-corrected chi connectivity index (χ2v) is 21.1. The lowest BCUT2D eigenvalue weighted by molar-refractivity contribution is -0.148. The monoisotopic (exact) mass is 1110 g/mol. The third-order valence-corrected chi connectivity index (χ3v) is 14.8. The molecule has 0 unspecified atom stereocenters. The van der Waals surface area contributed by atoms with Crippen molar-refractivity contribution in [2.45, 2.75) is 177 Å². The fraction of sp³-hybridized carbons (Fsp3) is 0.582. The maximum atomic E-state index is 14.6. The lowest BCUT2D eigenvalue weighted by atomic mass is 9.96. The average molecular weight is 1110 g/mol. The van der Waals surface area contributed by atoms with E-state index in [2.05, 4.69) is 33.5 Å². The maximum Gasteiger partial charge on any atom is 0.255 e. The van der Waals surface area contributed by atoms with Gasteiger partial charge < -0.3 is 87.1 Å². The zero-order valence-corrected chi connectivity index (χ0v) is 44.8. The van der Waals surface area contributed by atoms with Crippen LogP contribution >= 0.6 is 0 Å². The third-order valence-electron chi connectivity index (χ3n) is 14.8. The molecule has 0 spiro atoms. The van der Waals surface area contributed by atoms with Gasteiger partial charge in [-0.15, -0.1) is 0 Å². The summed E-state index contributed by atoms with van der Waals surface area (Å²) in [5, 5.41) is 113. The molecule has 3 aliphatic rings. The number of unbranched alkanes of at least 4 members (excludes halogenated alkanes) is 7. The normalized spacial score (nSPS) is 28.3. The van der Waals surface area contributed by atoms with Crippen LogP contribution in [0.5, 0.6) is 11.5 Å². The van der Waals surface area contributed by atoms with E-state index in [-0.39, 0.29) is 35.8 Å². The van der Waals surface area contributed by atoms with E-state index in [4.69, 9.17) is 4.74 Å². The van der Waals surface area contributed by atoms with E-state index in [1.54, 1.807) is 24.3 Å². The van der Waals surface area contributed by atoms with Crippen molar-refractivity contribution in [2.75, 3.05) is 19.7 Å². The molecule has 0 aromatic heterocycles. The summed E-state index contributed by atoms with van der Waals surface area (Å²) in [5.41, 5.74) is -0.117. The van der Waals surface area contributed by atoms with Crippen molar-refractivity contribution in [2.24, 2.45) is 5.92 Å². The SMILES string of the molecule is CCCCCCCCCCOc1cc2ccccc2cc1C(=O)N[C@H]1C[C@@H](O)[C@@H](O)NC(=O)[C@@H]2[C@@H](O)[C@@H](C)CN2C(=O)[C@H]([C@@H](C)O)NC(=O)[C@H]([C@H](O)[C@@H](O)c2ccc(O)cc2)NC(=O)[C@@H]2C[C@@H](O)CN2C(=O)[C@H]([C@@H](C)O)NC1=O. The van der Waals surface area contributed by atoms with Crippen LogP contribution in [0.4, 0.5) is 0 Å². The first-order valence-corrected chi connectivity index (χ1v) is 27.0. The Morgan fingerprint density at radius 1 is 0.684 bits per heavy atom. The van der Waals surface area contributed by atoms with E-state index in [1.165, 1.54) is 31.5 Å². The van der Waals surface area contributed by atoms with E-state index in [0.717, 1.165) is 79.7 Å². The van der Waals surface area contributed by atoms with E-state index in [9.17, 15) is 79.5 Å². The van der Waals surface area contributed by atoms with Crippen molar-refractivity contribution in [3.63, 3.8) is 0 Å². The lowest BCUT2D eigenvalue weighted by Gasteiger charge is -2.34. The lowest BCUT2D eigenvalue weighted by Crippen LogP contribution is -2.64. The summed E-state index contributed by atoms with van der Waals surface area (Å²) in [5.74, 6) is -9.33. The van der Waals surface area contributed by atoms with Gasteiger partial charge in [0, 0.05) is 31.8 Å². The van der Waals surface area contributed by atoms with Crippen LogP contribution in [0.3, 0.4) is 0 Å². The fourth-order valence-electron chi connectivity index (χ4n) is 10.2. The van der Waals surface area contributed by atoms with Crippen molar-refractivity contribution in [1.29, 1.82) is 0 Å². The summed E-state index contributed by atoms with van der Waals surface area (Å²) in [6.07, 6.45) is -8.61. The van der Waals surface area contributed by atoms with Gasteiger partial charge in [-0.1, -0.05) is 95.2 Å². The standard InChI is InChI=1S/C55H77N7O17/c1-5-6-7-8-9-10-11-14-21-79-40-23-33-16-13-12-15-32(33)22-36(40)48(71)56-37-25-39(67)51(74)60-53(76)44-45(68)28(2)26-62(44)55(78)42(30(4)64)58-52(75)43(47(70)46(69)31-17-19-34(65)20-18-31)59-50(73)38-24-35(66)27-61(38)54(77)41(29(3)63)57-49(37)72/h12-13,15-20,22-23,28-30,35,37-39,41-47,51,63-70,74H,5-11,14,21,24-27H2,1-4H3,(H,56,71)(H,57,72)(H,58,75)(H,59,73)(H,60,76)/t28-,29+,30+,35+,37-,38-,39+,41-,42-,43-,44-,45-,46-,47-,51+/m0/s1. The summed E-state index contributed by atoms with van der Waals surface area (Å²) in [6, 6.07) is 3.29. The number of amides is 7. The summed E-state index contributed by atoms with van der Waals surface area (Å²) >= 11 is 0. The fourth-order valence-corrected chi connectivity index (χ4v) is 10.2. The zero-order valence-electron chi connectivity index (χ0n) is 44.8. The highest BCUT2D eigenvalue weighted by atomic mass is 16.5. The number of aromatic hydroxyl groups is 1. The number of phenolic OH excluding ortho intramolecular Hbond substituents is 1. The molecule has 3 aromatic carbocycles. The minimum Gasteiger partial charge on any atom is -0.508 e. The number of benzene rings is 3. The van der Waals surface area contributed by atoms with Gasteiger partial charge in [0.25, 0.3) is 5.91 Å². The van der Waals surface area contributed by atoms with E-state index >= 15 is 0 Å². The number of ether oxygens (including phenoxy) is 1. The largest absolute Gasteiger partial charge is 0.508 e. The van der Waals surface area contributed by atoms with Crippen molar-refractivity contribution in [3.8, 4) is 11.5 Å². The van der Waals surface area contributed by atoms with Gasteiger partial charge in [0.15, 0.2) is 6.23 Å². The Kier molecular flexibility index (Phi) is 21.9. The molecule has 3 fully saturated rings. The van der Waals surface area contributed by atoms with E-state index in [0.29, 0.717) is 11.8 Å². The highest BCUT2D eigenvalue weighted by Crippen LogP contribution is 2.30. The molecule has 0 aliphatic carbocycles. The number of hydrogen-bond acceptors (Lipinski definition) is 17. The van der Waals surface area contributed by atoms with Crippen molar-refractivity contribution in [1.82, 2.24) is 36.4 Å². The first-order chi connectivity index (χ1) is 37.5. The molecule has 15 atom stereocenters. The first kappa shape index (κ1) is 61.7. The molecule has 3 heterocycles. The Labute approximate surface area is 457 Å². The van der Waals surface area contributed by atoms with Gasteiger partial charge in [0.2, 0.25) is 35.4 Å². The number of nitrogens with one attached hydrogen (secondary N) is 5. The Morgan fingerprint density at radius 2 is 1.25 bits per heavy atom. The Morgan fingerprint density at radius 3 is 1.87 bits per heavy atom. The number of phenols is 1. The van der Waals surface area contributed by atoms with Gasteiger partial charge in [-0.25, -0.2) is 0 Å². The topological polar surface area (TPSA) is 377 Å². The molecular weight excluding hydrogens is 1030 g/mol. The average Bonchev–Trinajstić information content (AvgIpc) is 4.01. The van der Waals surface area contributed by atoms with Crippen molar-refractivity contribution < 1.29 is 84.3 Å². The summed E-state index contributed by atoms with van der Waals surface area (Å²) in [7, 11) is 0. The molecule has 24 heteroatoms. The number of carbonyl (C=O) groups is 7. The number of hydrogen-bond donors (Lipinski definition) is 14.